The van der Waals surface area contributed by atoms with Crippen molar-refractivity contribution in [2.45, 2.75) is 13.8 Å². The summed E-state index contributed by atoms with van der Waals surface area (Å²) in [4.78, 5) is 4.32. The van der Waals surface area contributed by atoms with Gasteiger partial charge in [0.15, 0.2) is 11.6 Å². The summed E-state index contributed by atoms with van der Waals surface area (Å²) in [5.74, 6) is 2.20. The second kappa shape index (κ2) is 5.58. The molecule has 7 heteroatoms. The van der Waals surface area contributed by atoms with Crippen LogP contribution in [0.2, 0.25) is 0 Å². The second-order valence-corrected chi connectivity index (χ2v) is 4.61. The highest BCUT2D eigenvalue weighted by atomic mass is 16.5. The average molecular weight is 282 g/mol. The van der Waals surface area contributed by atoms with Gasteiger partial charge in [-0.15, -0.1) is 5.10 Å². The van der Waals surface area contributed by atoms with Crippen LogP contribution in [0.15, 0.2) is 41.1 Å². The van der Waals surface area contributed by atoms with Gasteiger partial charge in [0, 0.05) is 11.8 Å². The predicted octanol–water partition coefficient (Wildman–Crippen LogP) is 2.96. The summed E-state index contributed by atoms with van der Waals surface area (Å²) in [5, 5.41) is 17.8. The predicted molar refractivity (Wildman–Crippen MR) is 78.8 cm³/mol. The van der Waals surface area contributed by atoms with E-state index in [1.807, 2.05) is 38.1 Å². The minimum Gasteiger partial charge on any atom is -0.360 e. The first-order valence-electron chi connectivity index (χ1n) is 6.43. The maximum Gasteiger partial charge on any atom is 0.250 e. The number of nitrogens with zero attached hydrogens (tertiary/aromatic N) is 4. The van der Waals surface area contributed by atoms with Gasteiger partial charge in [-0.25, -0.2) is 0 Å². The molecule has 21 heavy (non-hydrogen) atoms. The fraction of sp³-hybridized carbons (Fsp3) is 0.143. The van der Waals surface area contributed by atoms with Crippen LogP contribution in [0.5, 0.6) is 0 Å². The fourth-order valence-corrected chi connectivity index (χ4v) is 1.83. The largest absolute Gasteiger partial charge is 0.360 e. The van der Waals surface area contributed by atoms with Crippen LogP contribution in [0.4, 0.5) is 23.3 Å². The van der Waals surface area contributed by atoms with E-state index in [0.717, 1.165) is 5.69 Å². The van der Waals surface area contributed by atoms with Crippen LogP contribution in [0.1, 0.15) is 11.3 Å². The molecule has 0 atom stereocenters. The summed E-state index contributed by atoms with van der Waals surface area (Å²) in [6.07, 6.45) is 1.56. The van der Waals surface area contributed by atoms with Gasteiger partial charge in [-0.1, -0.05) is 17.3 Å². The number of aromatic nitrogens is 4. The smallest absolute Gasteiger partial charge is 0.250 e. The van der Waals surface area contributed by atoms with E-state index in [0.29, 0.717) is 23.3 Å². The lowest BCUT2D eigenvalue weighted by Gasteiger charge is -2.06. The SMILES string of the molecule is Cc1cccc(Nc2cnnc(Nc3cc(C)on3)n2)c1. The summed E-state index contributed by atoms with van der Waals surface area (Å²) in [7, 11) is 0. The summed E-state index contributed by atoms with van der Waals surface area (Å²) in [6.45, 7) is 3.84. The van der Waals surface area contributed by atoms with Crippen LogP contribution in [0.25, 0.3) is 0 Å². The van der Waals surface area contributed by atoms with Gasteiger partial charge >= 0.3 is 0 Å². The zero-order valence-corrected chi connectivity index (χ0v) is 11.7. The molecule has 3 aromatic rings. The van der Waals surface area contributed by atoms with Crippen LogP contribution in [-0.4, -0.2) is 20.3 Å². The zero-order chi connectivity index (χ0) is 14.7. The molecular weight excluding hydrogens is 268 g/mol. The van der Waals surface area contributed by atoms with Crippen molar-refractivity contribution in [1.82, 2.24) is 20.3 Å². The van der Waals surface area contributed by atoms with Crippen molar-refractivity contribution >= 4 is 23.3 Å². The quantitative estimate of drug-likeness (QED) is 0.760. The molecule has 0 saturated carbocycles. The van der Waals surface area contributed by atoms with Crippen LogP contribution in [0.3, 0.4) is 0 Å². The minimum atomic E-state index is 0.348. The summed E-state index contributed by atoms with van der Waals surface area (Å²) < 4.78 is 4.97. The third-order valence-corrected chi connectivity index (χ3v) is 2.72. The Morgan fingerprint density at radius 3 is 2.71 bits per heavy atom. The van der Waals surface area contributed by atoms with Crippen LogP contribution < -0.4 is 10.6 Å². The van der Waals surface area contributed by atoms with Crippen LogP contribution >= 0.6 is 0 Å². The summed E-state index contributed by atoms with van der Waals surface area (Å²) >= 11 is 0. The van der Waals surface area contributed by atoms with E-state index in [4.69, 9.17) is 4.52 Å². The Morgan fingerprint density at radius 2 is 1.95 bits per heavy atom. The molecule has 7 nitrogen and oxygen atoms in total. The molecule has 0 saturated heterocycles. The second-order valence-electron chi connectivity index (χ2n) is 4.61. The molecular formula is C14H14N6O. The highest BCUT2D eigenvalue weighted by Crippen LogP contribution is 2.17. The lowest BCUT2D eigenvalue weighted by Crippen LogP contribution is -2.02. The van der Waals surface area contributed by atoms with Crippen molar-refractivity contribution in [2.24, 2.45) is 0 Å². The van der Waals surface area contributed by atoms with E-state index < -0.39 is 0 Å². The number of aryl methyl sites for hydroxylation is 2. The maximum absolute atomic E-state index is 4.97. The lowest BCUT2D eigenvalue weighted by molar-refractivity contribution is 0.400. The molecule has 2 heterocycles. The summed E-state index contributed by atoms with van der Waals surface area (Å²) in [5.41, 5.74) is 2.11. The van der Waals surface area contributed by atoms with Gasteiger partial charge in [-0.3, -0.25) is 0 Å². The normalized spacial score (nSPS) is 10.4. The number of nitrogens with one attached hydrogen (secondary N) is 2. The zero-order valence-electron chi connectivity index (χ0n) is 11.7. The van der Waals surface area contributed by atoms with Crippen molar-refractivity contribution in [1.29, 1.82) is 0 Å². The number of benzene rings is 1. The molecule has 2 aromatic heterocycles. The molecule has 2 N–H and O–H groups in total. The third kappa shape index (κ3) is 3.33. The van der Waals surface area contributed by atoms with Gasteiger partial charge in [0.25, 0.3) is 0 Å². The monoisotopic (exact) mass is 282 g/mol. The van der Waals surface area contributed by atoms with E-state index >= 15 is 0 Å². The Labute approximate surface area is 121 Å². The third-order valence-electron chi connectivity index (χ3n) is 2.72. The van der Waals surface area contributed by atoms with Gasteiger partial charge in [-0.2, -0.15) is 10.1 Å². The fourth-order valence-electron chi connectivity index (χ4n) is 1.83. The Balaban J connectivity index is 1.76. The van der Waals surface area contributed by atoms with Crippen LogP contribution in [0, 0.1) is 13.8 Å². The molecule has 0 aliphatic carbocycles. The van der Waals surface area contributed by atoms with Gasteiger partial charge in [-0.05, 0) is 31.5 Å². The molecule has 0 bridgehead atoms. The molecule has 0 radical (unpaired) electrons. The van der Waals surface area contributed by atoms with E-state index in [2.05, 4.69) is 31.0 Å². The first-order chi connectivity index (χ1) is 10.2. The maximum atomic E-state index is 4.97. The van der Waals surface area contributed by atoms with Gasteiger partial charge in [0.2, 0.25) is 5.95 Å². The van der Waals surface area contributed by atoms with E-state index in [1.165, 1.54) is 5.56 Å². The van der Waals surface area contributed by atoms with Gasteiger partial charge < -0.3 is 15.2 Å². The molecule has 3 rings (SSSR count). The highest BCUT2D eigenvalue weighted by molar-refractivity contribution is 5.58. The number of anilines is 4. The standard InChI is InChI=1S/C14H14N6O/c1-9-4-3-5-11(6-9)16-13-8-15-19-14(18-13)17-12-7-10(2)21-20-12/h3-8H,1-2H3,(H2,16,17,18,19,20). The molecule has 106 valence electrons. The Kier molecular flexibility index (Phi) is 3.46. The molecule has 0 aliphatic heterocycles. The van der Waals surface area contributed by atoms with Gasteiger partial charge in [0.05, 0.1) is 6.20 Å². The molecule has 1 aromatic carbocycles. The van der Waals surface area contributed by atoms with Crippen molar-refractivity contribution in [3.63, 3.8) is 0 Å². The van der Waals surface area contributed by atoms with Crippen molar-refractivity contribution < 1.29 is 4.52 Å². The van der Waals surface area contributed by atoms with Crippen molar-refractivity contribution in [3.8, 4) is 0 Å². The lowest BCUT2D eigenvalue weighted by atomic mass is 10.2. The molecule has 0 unspecified atom stereocenters. The van der Waals surface area contributed by atoms with Crippen LogP contribution in [-0.2, 0) is 0 Å². The Bertz CT molecular complexity index is 754. The van der Waals surface area contributed by atoms with E-state index in [1.54, 1.807) is 12.3 Å². The summed E-state index contributed by atoms with van der Waals surface area (Å²) in [6, 6.07) is 9.75. The topological polar surface area (TPSA) is 88.8 Å². The number of hydrogen-bond acceptors (Lipinski definition) is 7. The van der Waals surface area contributed by atoms with E-state index in [9.17, 15) is 0 Å². The number of hydrogen-bond donors (Lipinski definition) is 2. The molecule has 0 fully saturated rings. The molecule has 0 amide bonds. The average Bonchev–Trinajstić information content (AvgIpc) is 2.84. The number of rotatable bonds is 4. The van der Waals surface area contributed by atoms with Crippen molar-refractivity contribution in [3.05, 3.63) is 47.9 Å². The van der Waals surface area contributed by atoms with E-state index in [-0.39, 0.29) is 0 Å². The van der Waals surface area contributed by atoms with Crippen molar-refractivity contribution in [2.75, 3.05) is 10.6 Å². The Hall–Kier alpha value is -2.96. The highest BCUT2D eigenvalue weighted by Gasteiger charge is 2.05. The molecule has 0 aliphatic rings. The first-order valence-corrected chi connectivity index (χ1v) is 6.43. The minimum absolute atomic E-state index is 0.348. The first kappa shape index (κ1) is 13.0. The molecule has 0 spiro atoms. The van der Waals surface area contributed by atoms with Gasteiger partial charge in [0.1, 0.15) is 5.76 Å². The Morgan fingerprint density at radius 1 is 1.05 bits per heavy atom.